The highest BCUT2D eigenvalue weighted by molar-refractivity contribution is 5.35. The van der Waals surface area contributed by atoms with E-state index in [2.05, 4.69) is 15.3 Å². The van der Waals surface area contributed by atoms with Gasteiger partial charge < -0.3 is 10.1 Å². The van der Waals surface area contributed by atoms with E-state index in [1.54, 1.807) is 0 Å². The van der Waals surface area contributed by atoms with Crippen molar-refractivity contribution in [2.75, 3.05) is 18.5 Å². The Hall–Kier alpha value is -1.16. The van der Waals surface area contributed by atoms with E-state index in [1.807, 2.05) is 19.9 Å². The Balaban J connectivity index is 1.80. The summed E-state index contributed by atoms with van der Waals surface area (Å²) >= 11 is 0. The van der Waals surface area contributed by atoms with Crippen LogP contribution in [-0.4, -0.2) is 29.2 Å². The molecule has 0 aromatic carbocycles. The van der Waals surface area contributed by atoms with Crippen molar-refractivity contribution >= 4 is 5.82 Å². The maximum atomic E-state index is 5.57. The Morgan fingerprint density at radius 3 is 3.00 bits per heavy atom. The Morgan fingerprint density at radius 2 is 2.31 bits per heavy atom. The first-order valence-corrected chi connectivity index (χ1v) is 5.92. The van der Waals surface area contributed by atoms with Gasteiger partial charge in [0.15, 0.2) is 0 Å². The molecule has 2 rings (SSSR count). The average molecular weight is 221 g/mol. The number of aryl methyl sites for hydroxylation is 2. The summed E-state index contributed by atoms with van der Waals surface area (Å²) in [5.41, 5.74) is 1.01. The van der Waals surface area contributed by atoms with Crippen LogP contribution in [0, 0.1) is 13.8 Å². The summed E-state index contributed by atoms with van der Waals surface area (Å²) in [6.07, 6.45) is 3.90. The molecule has 1 atom stereocenters. The van der Waals surface area contributed by atoms with E-state index in [-0.39, 0.29) is 0 Å². The maximum Gasteiger partial charge on any atom is 0.129 e. The van der Waals surface area contributed by atoms with Gasteiger partial charge in [-0.1, -0.05) is 0 Å². The molecule has 1 unspecified atom stereocenters. The SMILES string of the molecule is Cc1cc(NCCC2CCCO2)nc(C)n1. The molecule has 0 saturated carbocycles. The molecule has 2 heterocycles. The molecule has 1 fully saturated rings. The molecule has 1 aliphatic heterocycles. The minimum absolute atomic E-state index is 0.441. The van der Waals surface area contributed by atoms with Crippen molar-refractivity contribution in [1.29, 1.82) is 0 Å². The Bertz CT molecular complexity index is 328. The number of rotatable bonds is 4. The lowest BCUT2D eigenvalue weighted by molar-refractivity contribution is 0.107. The summed E-state index contributed by atoms with van der Waals surface area (Å²) in [6, 6.07) is 1.97. The van der Waals surface area contributed by atoms with Gasteiger partial charge in [0.25, 0.3) is 0 Å². The first kappa shape index (κ1) is 11.3. The zero-order chi connectivity index (χ0) is 11.4. The monoisotopic (exact) mass is 221 g/mol. The second kappa shape index (κ2) is 5.25. The van der Waals surface area contributed by atoms with E-state index in [4.69, 9.17) is 4.74 Å². The first-order chi connectivity index (χ1) is 7.74. The smallest absolute Gasteiger partial charge is 0.129 e. The van der Waals surface area contributed by atoms with Crippen molar-refractivity contribution in [3.05, 3.63) is 17.6 Å². The summed E-state index contributed by atoms with van der Waals surface area (Å²) in [5, 5.41) is 3.32. The Labute approximate surface area is 96.4 Å². The molecule has 4 nitrogen and oxygen atoms in total. The Morgan fingerprint density at radius 1 is 1.44 bits per heavy atom. The van der Waals surface area contributed by atoms with Gasteiger partial charge in [-0.25, -0.2) is 9.97 Å². The van der Waals surface area contributed by atoms with Crippen molar-refractivity contribution in [2.45, 2.75) is 39.2 Å². The molecular formula is C12H19N3O. The number of nitrogens with one attached hydrogen (secondary N) is 1. The van der Waals surface area contributed by atoms with Gasteiger partial charge in [0, 0.05) is 24.9 Å². The van der Waals surface area contributed by atoms with Crippen LogP contribution < -0.4 is 5.32 Å². The summed E-state index contributed by atoms with van der Waals surface area (Å²) in [5.74, 6) is 1.74. The number of hydrogen-bond donors (Lipinski definition) is 1. The normalized spacial score (nSPS) is 20.0. The minimum Gasteiger partial charge on any atom is -0.378 e. The highest BCUT2D eigenvalue weighted by atomic mass is 16.5. The van der Waals surface area contributed by atoms with Gasteiger partial charge in [0.1, 0.15) is 11.6 Å². The lowest BCUT2D eigenvalue weighted by atomic mass is 10.2. The van der Waals surface area contributed by atoms with Crippen LogP contribution >= 0.6 is 0 Å². The van der Waals surface area contributed by atoms with Gasteiger partial charge in [-0.15, -0.1) is 0 Å². The van der Waals surface area contributed by atoms with Gasteiger partial charge in [-0.2, -0.15) is 0 Å². The summed E-state index contributed by atoms with van der Waals surface area (Å²) < 4.78 is 5.57. The van der Waals surface area contributed by atoms with Crippen molar-refractivity contribution in [2.24, 2.45) is 0 Å². The van der Waals surface area contributed by atoms with Crippen LogP contribution in [0.5, 0.6) is 0 Å². The van der Waals surface area contributed by atoms with Crippen LogP contribution in [0.1, 0.15) is 30.8 Å². The van der Waals surface area contributed by atoms with E-state index in [1.165, 1.54) is 12.8 Å². The van der Waals surface area contributed by atoms with E-state index < -0.39 is 0 Å². The second-order valence-electron chi connectivity index (χ2n) is 4.29. The summed E-state index contributed by atoms with van der Waals surface area (Å²) in [7, 11) is 0. The van der Waals surface area contributed by atoms with Crippen molar-refractivity contribution in [3.63, 3.8) is 0 Å². The molecule has 1 saturated heterocycles. The van der Waals surface area contributed by atoms with Crippen LogP contribution in [0.15, 0.2) is 6.07 Å². The molecule has 1 aromatic rings. The van der Waals surface area contributed by atoms with Gasteiger partial charge in [-0.3, -0.25) is 0 Å². The summed E-state index contributed by atoms with van der Waals surface area (Å²) in [6.45, 7) is 5.75. The van der Waals surface area contributed by atoms with Crippen molar-refractivity contribution in [1.82, 2.24) is 9.97 Å². The zero-order valence-corrected chi connectivity index (χ0v) is 9.99. The molecule has 4 heteroatoms. The van der Waals surface area contributed by atoms with Crippen LogP contribution in [0.25, 0.3) is 0 Å². The molecular weight excluding hydrogens is 202 g/mol. The van der Waals surface area contributed by atoms with Gasteiger partial charge >= 0.3 is 0 Å². The standard InChI is InChI=1S/C12H19N3O/c1-9-8-12(15-10(2)14-9)13-6-5-11-4-3-7-16-11/h8,11H,3-7H2,1-2H3,(H,13,14,15). The predicted octanol–water partition coefficient (Wildman–Crippen LogP) is 2.07. The van der Waals surface area contributed by atoms with Gasteiger partial charge in [0.05, 0.1) is 6.10 Å². The van der Waals surface area contributed by atoms with Crippen LogP contribution in [-0.2, 0) is 4.74 Å². The number of ether oxygens (including phenoxy) is 1. The predicted molar refractivity (Wildman–Crippen MR) is 63.6 cm³/mol. The quantitative estimate of drug-likeness (QED) is 0.845. The largest absolute Gasteiger partial charge is 0.378 e. The molecule has 1 aromatic heterocycles. The van der Waals surface area contributed by atoms with Crippen LogP contribution in [0.4, 0.5) is 5.82 Å². The lowest BCUT2D eigenvalue weighted by Gasteiger charge is -2.10. The van der Waals surface area contributed by atoms with Crippen LogP contribution in [0.2, 0.25) is 0 Å². The van der Waals surface area contributed by atoms with Crippen molar-refractivity contribution < 1.29 is 4.74 Å². The topological polar surface area (TPSA) is 47.0 Å². The number of hydrogen-bond acceptors (Lipinski definition) is 4. The average Bonchev–Trinajstić information content (AvgIpc) is 2.69. The fraction of sp³-hybridized carbons (Fsp3) is 0.667. The zero-order valence-electron chi connectivity index (χ0n) is 9.99. The molecule has 0 radical (unpaired) electrons. The second-order valence-corrected chi connectivity index (χ2v) is 4.29. The van der Waals surface area contributed by atoms with Gasteiger partial charge in [-0.05, 0) is 33.1 Å². The van der Waals surface area contributed by atoms with E-state index in [0.717, 1.165) is 36.9 Å². The molecule has 0 bridgehead atoms. The van der Waals surface area contributed by atoms with E-state index in [0.29, 0.717) is 6.10 Å². The van der Waals surface area contributed by atoms with E-state index >= 15 is 0 Å². The molecule has 1 aliphatic rings. The molecule has 0 amide bonds. The fourth-order valence-electron chi connectivity index (χ4n) is 2.04. The molecule has 88 valence electrons. The lowest BCUT2D eigenvalue weighted by Crippen LogP contribution is -2.13. The maximum absolute atomic E-state index is 5.57. The molecule has 1 N–H and O–H groups in total. The van der Waals surface area contributed by atoms with Gasteiger partial charge in [0.2, 0.25) is 0 Å². The fourth-order valence-corrected chi connectivity index (χ4v) is 2.04. The number of anilines is 1. The summed E-state index contributed by atoms with van der Waals surface area (Å²) in [4.78, 5) is 8.58. The highest BCUT2D eigenvalue weighted by Gasteiger charge is 2.14. The van der Waals surface area contributed by atoms with E-state index in [9.17, 15) is 0 Å². The Kier molecular flexibility index (Phi) is 3.72. The van der Waals surface area contributed by atoms with Crippen LogP contribution in [0.3, 0.4) is 0 Å². The third-order valence-corrected chi connectivity index (χ3v) is 2.76. The third-order valence-electron chi connectivity index (χ3n) is 2.76. The van der Waals surface area contributed by atoms with Crippen molar-refractivity contribution in [3.8, 4) is 0 Å². The highest BCUT2D eigenvalue weighted by Crippen LogP contribution is 2.15. The number of nitrogens with zero attached hydrogens (tertiary/aromatic N) is 2. The third kappa shape index (κ3) is 3.17. The number of aromatic nitrogens is 2. The molecule has 16 heavy (non-hydrogen) atoms. The first-order valence-electron chi connectivity index (χ1n) is 5.92. The molecule has 0 aliphatic carbocycles. The minimum atomic E-state index is 0.441. The molecule has 0 spiro atoms.